The van der Waals surface area contributed by atoms with Crippen molar-refractivity contribution in [3.05, 3.63) is 81.2 Å². The third-order valence-electron chi connectivity index (χ3n) is 5.48. The van der Waals surface area contributed by atoms with Gasteiger partial charge in [0.2, 0.25) is 0 Å². The summed E-state index contributed by atoms with van der Waals surface area (Å²) < 4.78 is 7.27. The van der Waals surface area contributed by atoms with Gasteiger partial charge >= 0.3 is 0 Å². The number of ether oxygens (including phenoxy) is 1. The van der Waals surface area contributed by atoms with E-state index in [4.69, 9.17) is 4.74 Å². The van der Waals surface area contributed by atoms with Crippen LogP contribution in [0.5, 0.6) is 5.75 Å². The van der Waals surface area contributed by atoms with Crippen LogP contribution in [-0.4, -0.2) is 16.2 Å². The van der Waals surface area contributed by atoms with Gasteiger partial charge in [0.05, 0.1) is 24.9 Å². The number of rotatable bonds is 5. The van der Waals surface area contributed by atoms with Crippen molar-refractivity contribution in [3.63, 3.8) is 0 Å². The van der Waals surface area contributed by atoms with Gasteiger partial charge in [-0.25, -0.2) is 4.98 Å². The lowest BCUT2D eigenvalue weighted by molar-refractivity contribution is 0.340. The monoisotopic (exact) mass is 432 g/mol. The van der Waals surface area contributed by atoms with E-state index in [1.165, 1.54) is 5.56 Å². The first-order valence-electron chi connectivity index (χ1n) is 10.6. The van der Waals surface area contributed by atoms with E-state index in [2.05, 4.69) is 50.0 Å². The first-order valence-corrected chi connectivity index (χ1v) is 11.4. The van der Waals surface area contributed by atoms with Crippen LogP contribution in [0, 0.1) is 6.92 Å². The molecule has 0 aliphatic heterocycles. The highest BCUT2D eigenvalue weighted by Gasteiger charge is 2.18. The highest BCUT2D eigenvalue weighted by molar-refractivity contribution is 7.19. The molecule has 2 aromatic carbocycles. The minimum atomic E-state index is -0.00173. The molecular formula is C26H28N2O2S. The van der Waals surface area contributed by atoms with Crippen LogP contribution in [-0.2, 0) is 12.0 Å². The SMILES string of the molecule is CCOc1ccc(-c2c(C)sc3ncn(Cc4ccc(C(C)(C)C)cc4)c(=O)c23)cc1. The van der Waals surface area contributed by atoms with Crippen molar-refractivity contribution in [1.82, 2.24) is 9.55 Å². The zero-order valence-corrected chi connectivity index (χ0v) is 19.5. The molecule has 0 unspecified atom stereocenters. The van der Waals surface area contributed by atoms with E-state index < -0.39 is 0 Å². The summed E-state index contributed by atoms with van der Waals surface area (Å²) in [6.07, 6.45) is 1.67. The van der Waals surface area contributed by atoms with Crippen LogP contribution in [0.2, 0.25) is 0 Å². The van der Waals surface area contributed by atoms with E-state index in [0.717, 1.165) is 32.1 Å². The number of aromatic nitrogens is 2. The van der Waals surface area contributed by atoms with Crippen LogP contribution in [0.15, 0.2) is 59.7 Å². The molecule has 2 heterocycles. The summed E-state index contributed by atoms with van der Waals surface area (Å²) in [7, 11) is 0. The molecule has 0 saturated carbocycles. The van der Waals surface area contributed by atoms with Gasteiger partial charge in [0.15, 0.2) is 0 Å². The second kappa shape index (κ2) is 8.31. The van der Waals surface area contributed by atoms with Gasteiger partial charge in [-0.2, -0.15) is 0 Å². The molecule has 0 bridgehead atoms. The Bertz CT molecular complexity index is 1260. The topological polar surface area (TPSA) is 44.1 Å². The normalized spacial score (nSPS) is 11.8. The van der Waals surface area contributed by atoms with Gasteiger partial charge in [-0.1, -0.05) is 57.2 Å². The van der Waals surface area contributed by atoms with Gasteiger partial charge in [-0.05, 0) is 48.1 Å². The second-order valence-corrected chi connectivity index (χ2v) is 10.00. The fraction of sp³-hybridized carbons (Fsp3) is 0.308. The molecule has 0 fully saturated rings. The first kappa shape index (κ1) is 21.3. The summed E-state index contributed by atoms with van der Waals surface area (Å²) in [6, 6.07) is 16.4. The molecule has 4 aromatic rings. The van der Waals surface area contributed by atoms with Crippen LogP contribution in [0.4, 0.5) is 0 Å². The third kappa shape index (κ3) is 4.28. The van der Waals surface area contributed by atoms with Gasteiger partial charge in [0.25, 0.3) is 5.56 Å². The molecule has 160 valence electrons. The predicted molar refractivity (Wildman–Crippen MR) is 129 cm³/mol. The number of hydrogen-bond acceptors (Lipinski definition) is 4. The minimum absolute atomic E-state index is 0.00173. The second-order valence-electron chi connectivity index (χ2n) is 8.80. The lowest BCUT2D eigenvalue weighted by atomic mass is 9.87. The Hall–Kier alpha value is -2.92. The number of nitrogens with zero attached hydrogens (tertiary/aromatic N) is 2. The van der Waals surface area contributed by atoms with Crippen molar-refractivity contribution in [1.29, 1.82) is 0 Å². The van der Waals surface area contributed by atoms with Gasteiger partial charge in [-0.15, -0.1) is 11.3 Å². The van der Waals surface area contributed by atoms with Gasteiger partial charge < -0.3 is 4.74 Å². The molecule has 2 aromatic heterocycles. The highest BCUT2D eigenvalue weighted by Crippen LogP contribution is 2.36. The first-order chi connectivity index (χ1) is 14.8. The van der Waals surface area contributed by atoms with E-state index in [1.807, 2.05) is 38.1 Å². The van der Waals surface area contributed by atoms with Crippen LogP contribution in [0.3, 0.4) is 0 Å². The van der Waals surface area contributed by atoms with Crippen molar-refractivity contribution < 1.29 is 4.74 Å². The van der Waals surface area contributed by atoms with Crippen LogP contribution < -0.4 is 10.3 Å². The number of hydrogen-bond donors (Lipinski definition) is 0. The van der Waals surface area contributed by atoms with E-state index in [1.54, 1.807) is 22.2 Å². The maximum atomic E-state index is 13.4. The average molecular weight is 433 g/mol. The summed E-state index contributed by atoms with van der Waals surface area (Å²) >= 11 is 1.57. The van der Waals surface area contributed by atoms with Crippen molar-refractivity contribution in [2.75, 3.05) is 6.61 Å². The van der Waals surface area contributed by atoms with E-state index >= 15 is 0 Å². The smallest absolute Gasteiger partial charge is 0.263 e. The number of thiophene rings is 1. The minimum Gasteiger partial charge on any atom is -0.494 e. The molecule has 5 heteroatoms. The Morgan fingerprint density at radius 1 is 1.03 bits per heavy atom. The Labute approximate surface area is 187 Å². The largest absolute Gasteiger partial charge is 0.494 e. The van der Waals surface area contributed by atoms with Gasteiger partial charge in [0.1, 0.15) is 10.6 Å². The summed E-state index contributed by atoms with van der Waals surface area (Å²) in [5.41, 5.74) is 4.46. The van der Waals surface area contributed by atoms with Crippen molar-refractivity contribution >= 4 is 21.6 Å². The van der Waals surface area contributed by atoms with Crippen LogP contribution >= 0.6 is 11.3 Å². The fourth-order valence-electron chi connectivity index (χ4n) is 3.79. The lowest BCUT2D eigenvalue weighted by Crippen LogP contribution is -2.21. The Kier molecular flexibility index (Phi) is 5.71. The molecule has 0 saturated heterocycles. The molecule has 0 radical (unpaired) electrons. The summed E-state index contributed by atoms with van der Waals surface area (Å²) in [5.74, 6) is 0.831. The molecule has 4 rings (SSSR count). The Morgan fingerprint density at radius 2 is 1.71 bits per heavy atom. The molecule has 0 amide bonds. The molecule has 31 heavy (non-hydrogen) atoms. The van der Waals surface area contributed by atoms with E-state index in [-0.39, 0.29) is 11.0 Å². The molecule has 0 N–H and O–H groups in total. The highest BCUT2D eigenvalue weighted by atomic mass is 32.1. The van der Waals surface area contributed by atoms with Crippen molar-refractivity contribution in [3.8, 4) is 16.9 Å². The molecule has 0 aliphatic rings. The maximum Gasteiger partial charge on any atom is 0.263 e. The lowest BCUT2D eigenvalue weighted by Gasteiger charge is -2.19. The Balaban J connectivity index is 1.73. The number of aryl methyl sites for hydroxylation is 1. The van der Waals surface area contributed by atoms with Gasteiger partial charge in [-0.3, -0.25) is 9.36 Å². The molecule has 4 nitrogen and oxygen atoms in total. The summed E-state index contributed by atoms with van der Waals surface area (Å²) in [5, 5.41) is 0.695. The zero-order chi connectivity index (χ0) is 22.2. The third-order valence-corrected chi connectivity index (χ3v) is 6.49. The molecule has 0 atom stereocenters. The zero-order valence-electron chi connectivity index (χ0n) is 18.7. The van der Waals surface area contributed by atoms with Crippen molar-refractivity contribution in [2.24, 2.45) is 0 Å². The quantitative estimate of drug-likeness (QED) is 0.378. The van der Waals surface area contributed by atoms with Crippen LogP contribution in [0.25, 0.3) is 21.3 Å². The standard InChI is InChI=1S/C26H28N2O2S/c1-6-30-21-13-9-19(10-14-21)22-17(2)31-24-23(22)25(29)28(16-27-24)15-18-7-11-20(12-8-18)26(3,4)5/h7-14,16H,6,15H2,1-5H3. The molecular weight excluding hydrogens is 404 g/mol. The van der Waals surface area contributed by atoms with Crippen LogP contribution in [0.1, 0.15) is 43.7 Å². The Morgan fingerprint density at radius 3 is 2.32 bits per heavy atom. The predicted octanol–water partition coefficient (Wildman–Crippen LogP) is 6.18. The number of fused-ring (bicyclic) bond motifs is 1. The molecule has 0 spiro atoms. The maximum absolute atomic E-state index is 13.4. The van der Waals surface area contributed by atoms with Gasteiger partial charge in [0, 0.05) is 10.4 Å². The summed E-state index contributed by atoms with van der Waals surface area (Å²) in [6.45, 7) is 11.8. The van der Waals surface area contributed by atoms with E-state index in [9.17, 15) is 4.79 Å². The number of benzene rings is 2. The fourth-order valence-corrected chi connectivity index (χ4v) is 4.79. The van der Waals surface area contributed by atoms with E-state index in [0.29, 0.717) is 18.5 Å². The van der Waals surface area contributed by atoms with Crippen molar-refractivity contribution in [2.45, 2.75) is 46.6 Å². The summed E-state index contributed by atoms with van der Waals surface area (Å²) in [4.78, 5) is 19.9. The molecule has 0 aliphatic carbocycles. The average Bonchev–Trinajstić information content (AvgIpc) is 3.07.